The van der Waals surface area contributed by atoms with Gasteiger partial charge in [-0.1, -0.05) is 19.8 Å². The topological polar surface area (TPSA) is 43.1 Å². The normalized spacial score (nSPS) is 20.1. The van der Waals surface area contributed by atoms with E-state index in [0.29, 0.717) is 5.92 Å². The molecule has 4 aromatic heterocycles. The fraction of sp³-hybridized carbons (Fsp3) is 0.375. The molecule has 0 amide bonds. The van der Waals surface area contributed by atoms with Crippen LogP contribution in [0.2, 0.25) is 0 Å². The van der Waals surface area contributed by atoms with E-state index >= 15 is 0 Å². The minimum absolute atomic E-state index is 0.594. The van der Waals surface area contributed by atoms with E-state index in [4.69, 9.17) is 9.97 Å². The van der Waals surface area contributed by atoms with Gasteiger partial charge in [-0.3, -0.25) is 0 Å². The van der Waals surface area contributed by atoms with Crippen molar-refractivity contribution in [1.82, 2.24) is 19.4 Å². The van der Waals surface area contributed by atoms with Crippen LogP contribution in [0.1, 0.15) is 55.5 Å². The Morgan fingerprint density at radius 3 is 2.57 bits per heavy atom. The summed E-state index contributed by atoms with van der Waals surface area (Å²) in [5.74, 6) is 1.45. The molecule has 0 aromatic carbocycles. The Morgan fingerprint density at radius 2 is 1.75 bits per heavy atom. The fourth-order valence-corrected chi connectivity index (χ4v) is 4.52. The first-order valence-electron chi connectivity index (χ1n) is 10.3. The number of hydrogen-bond donors (Lipinski definition) is 0. The molecule has 4 aromatic rings. The standard InChI is InChI=1S/C24H26N4/c1-15-4-6-18(7-5-15)22-9-8-19-11-20(12-25-23(19)27-22)21-10-16(2)24-26-17(3)13-28(24)14-21/h8-15,18H,4-7H2,1-3H3. The number of hydrogen-bond acceptors (Lipinski definition) is 3. The van der Waals surface area contributed by atoms with Gasteiger partial charge in [-0.2, -0.15) is 0 Å². The molecule has 142 valence electrons. The number of pyridine rings is 3. The van der Waals surface area contributed by atoms with E-state index in [1.807, 2.05) is 13.1 Å². The van der Waals surface area contributed by atoms with Crippen LogP contribution < -0.4 is 0 Å². The molecule has 1 saturated carbocycles. The fourth-order valence-electron chi connectivity index (χ4n) is 4.52. The summed E-state index contributed by atoms with van der Waals surface area (Å²) >= 11 is 0. The first-order chi connectivity index (χ1) is 13.6. The van der Waals surface area contributed by atoms with Gasteiger partial charge in [0.15, 0.2) is 5.65 Å². The summed E-state index contributed by atoms with van der Waals surface area (Å²) in [5.41, 5.74) is 7.56. The molecule has 5 rings (SSSR count). The number of fused-ring (bicyclic) bond motifs is 2. The predicted octanol–water partition coefficient (Wildman–Crippen LogP) is 5.86. The van der Waals surface area contributed by atoms with Crippen molar-refractivity contribution in [2.75, 3.05) is 0 Å². The van der Waals surface area contributed by atoms with E-state index in [1.54, 1.807) is 0 Å². The lowest BCUT2D eigenvalue weighted by Crippen LogP contribution is -2.12. The lowest BCUT2D eigenvalue weighted by Gasteiger charge is -2.25. The van der Waals surface area contributed by atoms with Crippen molar-refractivity contribution in [2.45, 2.75) is 52.4 Å². The minimum atomic E-state index is 0.594. The molecular weight excluding hydrogens is 344 g/mol. The highest BCUT2D eigenvalue weighted by molar-refractivity contribution is 5.81. The molecule has 0 spiro atoms. The largest absolute Gasteiger partial charge is 0.306 e. The maximum atomic E-state index is 4.90. The first kappa shape index (κ1) is 17.4. The molecular formula is C24H26N4. The summed E-state index contributed by atoms with van der Waals surface area (Å²) < 4.78 is 2.11. The molecule has 4 nitrogen and oxygen atoms in total. The summed E-state index contributed by atoms with van der Waals surface area (Å²) in [7, 11) is 0. The highest BCUT2D eigenvalue weighted by Crippen LogP contribution is 2.35. The van der Waals surface area contributed by atoms with Crippen molar-refractivity contribution < 1.29 is 0 Å². The van der Waals surface area contributed by atoms with Crippen LogP contribution in [0.4, 0.5) is 0 Å². The number of rotatable bonds is 2. The van der Waals surface area contributed by atoms with Crippen molar-refractivity contribution in [2.24, 2.45) is 5.92 Å². The van der Waals surface area contributed by atoms with E-state index in [2.05, 4.69) is 59.9 Å². The zero-order chi connectivity index (χ0) is 19.3. The van der Waals surface area contributed by atoms with Crippen molar-refractivity contribution >= 4 is 16.7 Å². The summed E-state index contributed by atoms with van der Waals surface area (Å²) in [6.07, 6.45) is 11.3. The number of nitrogens with zero attached hydrogens (tertiary/aromatic N) is 4. The number of imidazole rings is 1. The minimum Gasteiger partial charge on any atom is -0.306 e. The zero-order valence-corrected chi connectivity index (χ0v) is 16.8. The van der Waals surface area contributed by atoms with E-state index in [9.17, 15) is 0 Å². The Morgan fingerprint density at radius 1 is 0.929 bits per heavy atom. The molecule has 4 heteroatoms. The first-order valence-corrected chi connectivity index (χ1v) is 10.3. The lowest BCUT2D eigenvalue weighted by atomic mass is 9.81. The van der Waals surface area contributed by atoms with Gasteiger partial charge in [0.1, 0.15) is 5.65 Å². The summed E-state index contributed by atoms with van der Waals surface area (Å²) in [6.45, 7) is 6.50. The Labute approximate surface area is 165 Å². The molecule has 0 bridgehead atoms. The lowest BCUT2D eigenvalue weighted by molar-refractivity contribution is 0.344. The molecule has 0 unspecified atom stereocenters. The van der Waals surface area contributed by atoms with Crippen LogP contribution in [0.5, 0.6) is 0 Å². The SMILES string of the molecule is Cc1cn2cc(-c3cnc4nc(C5CCC(C)CC5)ccc4c3)cc(C)c2n1. The van der Waals surface area contributed by atoms with Gasteiger partial charge in [0, 0.05) is 46.7 Å². The average Bonchev–Trinajstić information content (AvgIpc) is 3.08. The summed E-state index contributed by atoms with van der Waals surface area (Å²) in [6, 6.07) is 8.79. The van der Waals surface area contributed by atoms with Gasteiger partial charge in [0.05, 0.1) is 5.69 Å². The second-order valence-electron chi connectivity index (χ2n) is 8.49. The van der Waals surface area contributed by atoms with Crippen molar-refractivity contribution in [3.63, 3.8) is 0 Å². The third-order valence-corrected chi connectivity index (χ3v) is 6.19. The van der Waals surface area contributed by atoms with Crippen molar-refractivity contribution in [3.8, 4) is 11.1 Å². The van der Waals surface area contributed by atoms with Gasteiger partial charge in [0.2, 0.25) is 0 Å². The van der Waals surface area contributed by atoms with E-state index in [-0.39, 0.29) is 0 Å². The molecule has 0 saturated heterocycles. The Bertz CT molecular complexity index is 1170. The van der Waals surface area contributed by atoms with Crippen LogP contribution in [-0.2, 0) is 0 Å². The van der Waals surface area contributed by atoms with E-state index < -0.39 is 0 Å². The molecule has 0 aliphatic heterocycles. The Kier molecular flexibility index (Phi) is 4.15. The zero-order valence-electron chi connectivity index (χ0n) is 16.8. The molecule has 4 heterocycles. The molecule has 0 atom stereocenters. The molecule has 1 fully saturated rings. The smallest absolute Gasteiger partial charge is 0.159 e. The molecule has 28 heavy (non-hydrogen) atoms. The molecule has 1 aliphatic rings. The second-order valence-corrected chi connectivity index (χ2v) is 8.49. The number of aryl methyl sites for hydroxylation is 2. The number of aromatic nitrogens is 4. The van der Waals surface area contributed by atoms with Crippen LogP contribution in [0, 0.1) is 19.8 Å². The van der Waals surface area contributed by atoms with Gasteiger partial charge in [0.25, 0.3) is 0 Å². The summed E-state index contributed by atoms with van der Waals surface area (Å²) in [4.78, 5) is 14.2. The third-order valence-electron chi connectivity index (χ3n) is 6.19. The second kappa shape index (κ2) is 6.69. The van der Waals surface area contributed by atoms with E-state index in [1.165, 1.54) is 36.9 Å². The van der Waals surface area contributed by atoms with Gasteiger partial charge in [-0.05, 0) is 62.4 Å². The quantitative estimate of drug-likeness (QED) is 0.444. The van der Waals surface area contributed by atoms with Gasteiger partial charge in [-0.25, -0.2) is 15.0 Å². The Hall–Kier alpha value is -2.75. The highest BCUT2D eigenvalue weighted by Gasteiger charge is 2.21. The monoisotopic (exact) mass is 370 g/mol. The highest BCUT2D eigenvalue weighted by atomic mass is 15.0. The summed E-state index contributed by atoms with van der Waals surface area (Å²) in [5, 5.41) is 1.10. The van der Waals surface area contributed by atoms with Gasteiger partial charge < -0.3 is 4.40 Å². The van der Waals surface area contributed by atoms with Crippen LogP contribution in [0.3, 0.4) is 0 Å². The molecule has 1 aliphatic carbocycles. The predicted molar refractivity (Wildman–Crippen MR) is 114 cm³/mol. The van der Waals surface area contributed by atoms with Crippen LogP contribution in [0.25, 0.3) is 27.8 Å². The maximum Gasteiger partial charge on any atom is 0.159 e. The average molecular weight is 371 g/mol. The molecule has 0 N–H and O–H groups in total. The Balaban J connectivity index is 1.51. The van der Waals surface area contributed by atoms with Crippen LogP contribution in [0.15, 0.2) is 42.9 Å². The third kappa shape index (κ3) is 3.07. The molecule has 0 radical (unpaired) electrons. The van der Waals surface area contributed by atoms with Crippen LogP contribution in [-0.4, -0.2) is 19.4 Å². The van der Waals surface area contributed by atoms with E-state index in [0.717, 1.165) is 39.4 Å². The van der Waals surface area contributed by atoms with Gasteiger partial charge in [-0.15, -0.1) is 0 Å². The maximum absolute atomic E-state index is 4.90. The van der Waals surface area contributed by atoms with Crippen molar-refractivity contribution in [3.05, 3.63) is 59.8 Å². The van der Waals surface area contributed by atoms with Gasteiger partial charge >= 0.3 is 0 Å². The van der Waals surface area contributed by atoms with Crippen LogP contribution >= 0.6 is 0 Å². The van der Waals surface area contributed by atoms with Crippen molar-refractivity contribution in [1.29, 1.82) is 0 Å².